The Morgan fingerprint density at radius 1 is 1.30 bits per heavy atom. The second-order valence-electron chi connectivity index (χ2n) is 6.21. The number of halogens is 1. The Hall–Kier alpha value is -2.27. The zero-order chi connectivity index (χ0) is 15.8. The predicted octanol–water partition coefficient (Wildman–Crippen LogP) is 2.32. The van der Waals surface area contributed by atoms with Crippen molar-refractivity contribution < 1.29 is 9.18 Å². The van der Waals surface area contributed by atoms with Gasteiger partial charge in [-0.1, -0.05) is 12.1 Å². The van der Waals surface area contributed by atoms with Gasteiger partial charge in [0.25, 0.3) is 5.91 Å². The summed E-state index contributed by atoms with van der Waals surface area (Å²) in [6, 6.07) is 9.13. The predicted molar refractivity (Wildman–Crippen MR) is 85.4 cm³/mol. The van der Waals surface area contributed by atoms with Crippen LogP contribution in [0.4, 0.5) is 4.39 Å². The first-order chi connectivity index (χ1) is 11.2. The zero-order valence-electron chi connectivity index (χ0n) is 12.7. The Kier molecular flexibility index (Phi) is 3.58. The lowest BCUT2D eigenvalue weighted by Gasteiger charge is -2.23. The Labute approximate surface area is 134 Å². The summed E-state index contributed by atoms with van der Waals surface area (Å²) in [5.74, 6) is 0.232. The Balaban J connectivity index is 1.64. The summed E-state index contributed by atoms with van der Waals surface area (Å²) in [7, 11) is 0. The summed E-state index contributed by atoms with van der Waals surface area (Å²) in [4.78, 5) is 18.6. The number of aromatic nitrogens is 1. The normalized spacial score (nSPS) is 23.1. The lowest BCUT2D eigenvalue weighted by atomic mass is 10.0. The molecular formula is C18H18FN3O. The Morgan fingerprint density at radius 2 is 2.22 bits per heavy atom. The highest BCUT2D eigenvalue weighted by molar-refractivity contribution is 5.96. The Morgan fingerprint density at radius 3 is 3.09 bits per heavy atom. The van der Waals surface area contributed by atoms with E-state index in [1.807, 2.05) is 17.0 Å². The average Bonchev–Trinajstić information content (AvgIpc) is 3.18. The van der Waals surface area contributed by atoms with E-state index < -0.39 is 0 Å². The number of nitrogens with one attached hydrogen (secondary N) is 1. The molecule has 4 nitrogen and oxygen atoms in total. The molecular weight excluding hydrogens is 293 g/mol. The highest BCUT2D eigenvalue weighted by Gasteiger charge is 2.40. The number of hydrogen-bond acceptors (Lipinski definition) is 3. The smallest absolute Gasteiger partial charge is 0.254 e. The molecule has 2 saturated heterocycles. The zero-order valence-corrected chi connectivity index (χ0v) is 12.7. The molecule has 23 heavy (non-hydrogen) atoms. The second-order valence-corrected chi connectivity index (χ2v) is 6.21. The summed E-state index contributed by atoms with van der Waals surface area (Å²) in [6.45, 7) is 2.68. The van der Waals surface area contributed by atoms with Gasteiger partial charge in [0.1, 0.15) is 5.82 Å². The van der Waals surface area contributed by atoms with Gasteiger partial charge < -0.3 is 10.2 Å². The molecule has 0 aliphatic carbocycles. The first-order valence-electron chi connectivity index (χ1n) is 7.95. The van der Waals surface area contributed by atoms with Crippen molar-refractivity contribution in [2.45, 2.75) is 12.5 Å². The average molecular weight is 311 g/mol. The standard InChI is InChI=1S/C18H18FN3O/c19-16-10-20-6-4-15(16)12-2-1-3-13(8-12)18(23)22-7-5-14-9-21-11-17(14)22/h1-4,6,8,10,14,17,21H,5,7,9,11H2. The van der Waals surface area contributed by atoms with Crippen molar-refractivity contribution >= 4 is 5.91 Å². The fraction of sp³-hybridized carbons (Fsp3) is 0.333. The molecule has 2 aliphatic rings. The van der Waals surface area contributed by atoms with Gasteiger partial charge in [-0.05, 0) is 36.1 Å². The van der Waals surface area contributed by atoms with Crippen LogP contribution in [0.3, 0.4) is 0 Å². The van der Waals surface area contributed by atoms with E-state index in [1.165, 1.54) is 6.20 Å². The van der Waals surface area contributed by atoms with E-state index in [1.54, 1.807) is 24.4 Å². The van der Waals surface area contributed by atoms with E-state index >= 15 is 0 Å². The van der Waals surface area contributed by atoms with Crippen molar-refractivity contribution in [1.29, 1.82) is 0 Å². The van der Waals surface area contributed by atoms with Gasteiger partial charge in [-0.15, -0.1) is 0 Å². The molecule has 2 aliphatic heterocycles. The van der Waals surface area contributed by atoms with E-state index in [0.29, 0.717) is 28.7 Å². The van der Waals surface area contributed by atoms with Crippen LogP contribution in [0.2, 0.25) is 0 Å². The van der Waals surface area contributed by atoms with Gasteiger partial charge in [0.2, 0.25) is 0 Å². The van der Waals surface area contributed by atoms with Crippen LogP contribution in [-0.4, -0.2) is 41.5 Å². The Bertz CT molecular complexity index is 749. The number of pyridine rings is 1. The van der Waals surface area contributed by atoms with Crippen molar-refractivity contribution in [1.82, 2.24) is 15.2 Å². The van der Waals surface area contributed by atoms with Crippen LogP contribution in [0.25, 0.3) is 11.1 Å². The number of carbonyl (C=O) groups excluding carboxylic acids is 1. The molecule has 2 atom stereocenters. The lowest BCUT2D eigenvalue weighted by molar-refractivity contribution is 0.0737. The van der Waals surface area contributed by atoms with Crippen LogP contribution in [-0.2, 0) is 0 Å². The second kappa shape index (κ2) is 5.74. The SMILES string of the molecule is O=C(c1cccc(-c2ccncc2F)c1)N1CCC2CNCC21. The monoisotopic (exact) mass is 311 g/mol. The molecule has 1 amide bonds. The number of carbonyl (C=O) groups is 1. The summed E-state index contributed by atoms with van der Waals surface area (Å²) in [6.07, 6.45) is 3.81. The van der Waals surface area contributed by atoms with Crippen molar-refractivity contribution in [2.75, 3.05) is 19.6 Å². The van der Waals surface area contributed by atoms with Gasteiger partial charge in [-0.2, -0.15) is 0 Å². The molecule has 0 spiro atoms. The molecule has 3 heterocycles. The van der Waals surface area contributed by atoms with Crippen LogP contribution in [0.5, 0.6) is 0 Å². The van der Waals surface area contributed by atoms with Gasteiger partial charge in [0.15, 0.2) is 0 Å². The lowest BCUT2D eigenvalue weighted by Crippen LogP contribution is -2.39. The minimum Gasteiger partial charge on any atom is -0.334 e. The van der Waals surface area contributed by atoms with Crippen molar-refractivity contribution in [3.8, 4) is 11.1 Å². The molecule has 0 bridgehead atoms. The van der Waals surface area contributed by atoms with Gasteiger partial charge >= 0.3 is 0 Å². The number of hydrogen-bond donors (Lipinski definition) is 1. The van der Waals surface area contributed by atoms with Gasteiger partial charge in [0, 0.05) is 43.0 Å². The molecule has 2 aromatic rings. The largest absolute Gasteiger partial charge is 0.334 e. The van der Waals surface area contributed by atoms with Gasteiger partial charge in [-0.25, -0.2) is 4.39 Å². The maximum Gasteiger partial charge on any atom is 0.254 e. The van der Waals surface area contributed by atoms with Crippen molar-refractivity contribution in [3.05, 3.63) is 54.1 Å². The molecule has 1 aromatic carbocycles. The third kappa shape index (κ3) is 2.51. The third-order valence-electron chi connectivity index (χ3n) is 4.90. The number of fused-ring (bicyclic) bond motifs is 1. The number of amides is 1. The van der Waals surface area contributed by atoms with Gasteiger partial charge in [-0.3, -0.25) is 9.78 Å². The van der Waals surface area contributed by atoms with E-state index in [-0.39, 0.29) is 11.7 Å². The summed E-state index contributed by atoms with van der Waals surface area (Å²) in [5, 5.41) is 3.35. The molecule has 0 saturated carbocycles. The van der Waals surface area contributed by atoms with E-state index in [2.05, 4.69) is 10.3 Å². The fourth-order valence-corrected chi connectivity index (χ4v) is 3.70. The maximum atomic E-state index is 13.9. The van der Waals surface area contributed by atoms with Crippen LogP contribution in [0, 0.1) is 11.7 Å². The molecule has 2 fully saturated rings. The summed E-state index contributed by atoms with van der Waals surface area (Å²) < 4.78 is 13.9. The van der Waals surface area contributed by atoms with Gasteiger partial charge in [0.05, 0.1) is 6.20 Å². The first kappa shape index (κ1) is 14.3. The topological polar surface area (TPSA) is 45.2 Å². The fourth-order valence-electron chi connectivity index (χ4n) is 3.70. The highest BCUT2D eigenvalue weighted by atomic mass is 19.1. The van der Waals surface area contributed by atoms with E-state index in [9.17, 15) is 9.18 Å². The van der Waals surface area contributed by atoms with Crippen molar-refractivity contribution in [3.63, 3.8) is 0 Å². The first-order valence-corrected chi connectivity index (χ1v) is 7.95. The molecule has 1 aromatic heterocycles. The maximum absolute atomic E-state index is 13.9. The van der Waals surface area contributed by atoms with Crippen LogP contribution in [0.15, 0.2) is 42.7 Å². The quantitative estimate of drug-likeness (QED) is 0.926. The van der Waals surface area contributed by atoms with Crippen LogP contribution >= 0.6 is 0 Å². The summed E-state index contributed by atoms with van der Waals surface area (Å²) in [5.41, 5.74) is 1.79. The number of rotatable bonds is 2. The molecule has 1 N–H and O–H groups in total. The van der Waals surface area contributed by atoms with Crippen LogP contribution < -0.4 is 5.32 Å². The van der Waals surface area contributed by atoms with Crippen molar-refractivity contribution in [2.24, 2.45) is 5.92 Å². The minimum absolute atomic E-state index is 0.0394. The number of benzene rings is 1. The van der Waals surface area contributed by atoms with E-state index in [4.69, 9.17) is 0 Å². The molecule has 0 radical (unpaired) electrons. The van der Waals surface area contributed by atoms with Crippen LogP contribution in [0.1, 0.15) is 16.8 Å². The molecule has 4 rings (SSSR count). The molecule has 5 heteroatoms. The highest BCUT2D eigenvalue weighted by Crippen LogP contribution is 2.29. The molecule has 2 unspecified atom stereocenters. The third-order valence-corrected chi connectivity index (χ3v) is 4.90. The number of nitrogens with zero attached hydrogens (tertiary/aromatic N) is 2. The minimum atomic E-state index is -0.377. The summed E-state index contributed by atoms with van der Waals surface area (Å²) >= 11 is 0. The molecule has 118 valence electrons. The number of likely N-dealkylation sites (tertiary alicyclic amines) is 1. The van der Waals surface area contributed by atoms with E-state index in [0.717, 1.165) is 26.1 Å².